The predicted octanol–water partition coefficient (Wildman–Crippen LogP) is 18.6. The van der Waals surface area contributed by atoms with E-state index < -0.39 is 0 Å². The van der Waals surface area contributed by atoms with Crippen molar-refractivity contribution in [1.29, 1.82) is 0 Å². The number of hydrogen-bond donors (Lipinski definition) is 0. The summed E-state index contributed by atoms with van der Waals surface area (Å²) in [7, 11) is 0. The third kappa shape index (κ3) is 48.7. The second kappa shape index (κ2) is 49.7. The zero-order valence-electron chi connectivity index (χ0n) is 37.2. The standard InChI is InChI=1S/C52H98O2/c1-3-5-7-9-11-13-15-17-19-20-21-22-23-24-25-26-27-28-29-30-31-32-33-34-35-37-39-41-43-45-47-49-51-54-52(53)50-48-46-44-42-40-38-36-18-16-14-12-10-8-6-4-2/h10,12,14,16,18,36H,3-9,11,13,15,17,19-35,37-51H2,1-2H3. The number of carbonyl (C=O) groups excluding carboxylic acids is 1. The van der Waals surface area contributed by atoms with Crippen LogP contribution in [0.1, 0.15) is 284 Å². The van der Waals surface area contributed by atoms with E-state index in [-0.39, 0.29) is 5.97 Å². The van der Waals surface area contributed by atoms with Gasteiger partial charge in [0.05, 0.1) is 6.61 Å². The Morgan fingerprint density at radius 2 is 0.593 bits per heavy atom. The summed E-state index contributed by atoms with van der Waals surface area (Å²) in [4.78, 5) is 12.0. The number of esters is 1. The highest BCUT2D eigenvalue weighted by molar-refractivity contribution is 5.69. The minimum absolute atomic E-state index is 0.00852. The summed E-state index contributed by atoms with van der Waals surface area (Å²) < 4.78 is 5.47. The molecule has 0 saturated heterocycles. The molecule has 0 spiro atoms. The van der Waals surface area contributed by atoms with Crippen LogP contribution < -0.4 is 0 Å². The Balaban J connectivity index is 3.18. The number of allylic oxidation sites excluding steroid dienone is 6. The molecular formula is C52H98O2. The molecule has 0 rings (SSSR count). The maximum Gasteiger partial charge on any atom is 0.305 e. The third-order valence-electron chi connectivity index (χ3n) is 11.3. The van der Waals surface area contributed by atoms with Gasteiger partial charge in [-0.05, 0) is 32.1 Å². The summed E-state index contributed by atoms with van der Waals surface area (Å²) >= 11 is 0. The predicted molar refractivity (Wildman–Crippen MR) is 244 cm³/mol. The van der Waals surface area contributed by atoms with Gasteiger partial charge >= 0.3 is 5.97 Å². The van der Waals surface area contributed by atoms with Crippen molar-refractivity contribution in [2.24, 2.45) is 0 Å². The van der Waals surface area contributed by atoms with Crippen LogP contribution in [0.2, 0.25) is 0 Å². The van der Waals surface area contributed by atoms with Crippen LogP contribution in [0.3, 0.4) is 0 Å². The smallest absolute Gasteiger partial charge is 0.305 e. The lowest BCUT2D eigenvalue weighted by molar-refractivity contribution is -0.143. The van der Waals surface area contributed by atoms with Crippen LogP contribution in [0, 0.1) is 0 Å². The number of ether oxygens (including phenoxy) is 1. The van der Waals surface area contributed by atoms with Gasteiger partial charge < -0.3 is 4.74 Å². The lowest BCUT2D eigenvalue weighted by atomic mass is 10.0. The Bertz CT molecular complexity index is 779. The summed E-state index contributed by atoms with van der Waals surface area (Å²) in [6, 6.07) is 0. The largest absolute Gasteiger partial charge is 0.466 e. The molecule has 0 aliphatic carbocycles. The Morgan fingerprint density at radius 1 is 0.315 bits per heavy atom. The van der Waals surface area contributed by atoms with Gasteiger partial charge in [0.15, 0.2) is 0 Å². The molecule has 0 aliphatic rings. The van der Waals surface area contributed by atoms with Gasteiger partial charge in [-0.15, -0.1) is 0 Å². The fourth-order valence-corrected chi connectivity index (χ4v) is 7.60. The first-order valence-electron chi connectivity index (χ1n) is 24.9. The average Bonchev–Trinajstić information content (AvgIpc) is 3.18. The van der Waals surface area contributed by atoms with Gasteiger partial charge in [0.25, 0.3) is 0 Å². The lowest BCUT2D eigenvalue weighted by Gasteiger charge is -2.06. The van der Waals surface area contributed by atoms with Gasteiger partial charge in [-0.2, -0.15) is 0 Å². The topological polar surface area (TPSA) is 26.3 Å². The van der Waals surface area contributed by atoms with E-state index in [2.05, 4.69) is 50.3 Å². The highest BCUT2D eigenvalue weighted by Crippen LogP contribution is 2.17. The normalized spacial score (nSPS) is 12.0. The summed E-state index contributed by atoms with van der Waals surface area (Å²) in [6.45, 7) is 5.15. The molecule has 318 valence electrons. The van der Waals surface area contributed by atoms with E-state index in [0.29, 0.717) is 13.0 Å². The molecule has 0 aromatic rings. The third-order valence-corrected chi connectivity index (χ3v) is 11.3. The molecule has 0 aromatic carbocycles. The molecule has 2 heteroatoms. The van der Waals surface area contributed by atoms with Crippen LogP contribution in [-0.2, 0) is 9.53 Å². The lowest BCUT2D eigenvalue weighted by Crippen LogP contribution is -2.05. The van der Waals surface area contributed by atoms with Crippen molar-refractivity contribution in [3.63, 3.8) is 0 Å². The molecule has 0 heterocycles. The average molecular weight is 755 g/mol. The summed E-state index contributed by atoms with van der Waals surface area (Å²) in [5.41, 5.74) is 0. The van der Waals surface area contributed by atoms with E-state index in [9.17, 15) is 4.79 Å². The van der Waals surface area contributed by atoms with Crippen molar-refractivity contribution < 1.29 is 9.53 Å². The fourth-order valence-electron chi connectivity index (χ4n) is 7.60. The molecule has 2 nitrogen and oxygen atoms in total. The van der Waals surface area contributed by atoms with E-state index in [1.165, 1.54) is 238 Å². The highest BCUT2D eigenvalue weighted by atomic mass is 16.5. The van der Waals surface area contributed by atoms with E-state index in [1.54, 1.807) is 0 Å². The molecule has 0 aromatic heterocycles. The molecule has 0 radical (unpaired) electrons. The highest BCUT2D eigenvalue weighted by Gasteiger charge is 2.03. The van der Waals surface area contributed by atoms with Crippen LogP contribution >= 0.6 is 0 Å². The Kier molecular flexibility index (Phi) is 48.5. The number of unbranched alkanes of at least 4 members (excludes halogenated alkanes) is 38. The van der Waals surface area contributed by atoms with Crippen LogP contribution in [0.5, 0.6) is 0 Å². The van der Waals surface area contributed by atoms with Gasteiger partial charge in [-0.3, -0.25) is 4.79 Å². The Hall–Kier alpha value is -1.31. The number of carbonyl (C=O) groups is 1. The summed E-state index contributed by atoms with van der Waals surface area (Å²) in [6.07, 6.45) is 70.0. The first-order valence-corrected chi connectivity index (χ1v) is 24.9. The Labute approximate surface area is 341 Å². The molecular weight excluding hydrogens is 657 g/mol. The molecule has 0 aliphatic heterocycles. The zero-order valence-corrected chi connectivity index (χ0v) is 37.2. The van der Waals surface area contributed by atoms with Crippen molar-refractivity contribution in [2.75, 3.05) is 6.61 Å². The van der Waals surface area contributed by atoms with Gasteiger partial charge in [0.1, 0.15) is 0 Å². The van der Waals surface area contributed by atoms with Crippen molar-refractivity contribution in [1.82, 2.24) is 0 Å². The SMILES string of the molecule is CCCCC=CC=CC=CCCCCCCCC(=O)OCCCCCCCCCCCCCCCCCCCCCCCCCCCCCCCCCC. The maximum absolute atomic E-state index is 12.0. The molecule has 0 unspecified atom stereocenters. The molecule has 0 amide bonds. The molecule has 0 saturated carbocycles. The van der Waals surface area contributed by atoms with E-state index in [1.807, 2.05) is 0 Å². The van der Waals surface area contributed by atoms with Gasteiger partial charge in [-0.25, -0.2) is 0 Å². The zero-order chi connectivity index (χ0) is 38.9. The molecule has 0 bridgehead atoms. The monoisotopic (exact) mass is 755 g/mol. The quantitative estimate of drug-likeness (QED) is 0.0351. The first-order chi connectivity index (χ1) is 26.8. The van der Waals surface area contributed by atoms with Crippen molar-refractivity contribution >= 4 is 5.97 Å². The number of rotatable bonds is 46. The van der Waals surface area contributed by atoms with Gasteiger partial charge in [-0.1, -0.05) is 281 Å². The van der Waals surface area contributed by atoms with E-state index in [4.69, 9.17) is 4.74 Å². The van der Waals surface area contributed by atoms with Crippen molar-refractivity contribution in [2.45, 2.75) is 284 Å². The second-order valence-corrected chi connectivity index (χ2v) is 16.9. The molecule has 0 N–H and O–H groups in total. The van der Waals surface area contributed by atoms with Gasteiger partial charge in [0, 0.05) is 6.42 Å². The molecule has 0 fully saturated rings. The minimum atomic E-state index is 0.00852. The summed E-state index contributed by atoms with van der Waals surface area (Å²) in [5.74, 6) is 0.00852. The van der Waals surface area contributed by atoms with Crippen molar-refractivity contribution in [3.8, 4) is 0 Å². The van der Waals surface area contributed by atoms with Crippen molar-refractivity contribution in [3.05, 3.63) is 36.5 Å². The maximum atomic E-state index is 12.0. The second-order valence-electron chi connectivity index (χ2n) is 16.9. The molecule has 54 heavy (non-hydrogen) atoms. The van der Waals surface area contributed by atoms with Crippen LogP contribution in [0.25, 0.3) is 0 Å². The molecule has 0 atom stereocenters. The van der Waals surface area contributed by atoms with E-state index >= 15 is 0 Å². The minimum Gasteiger partial charge on any atom is -0.466 e. The van der Waals surface area contributed by atoms with Crippen LogP contribution in [0.4, 0.5) is 0 Å². The first kappa shape index (κ1) is 52.7. The van der Waals surface area contributed by atoms with Crippen LogP contribution in [0.15, 0.2) is 36.5 Å². The summed E-state index contributed by atoms with van der Waals surface area (Å²) in [5, 5.41) is 0. The van der Waals surface area contributed by atoms with Gasteiger partial charge in [0.2, 0.25) is 0 Å². The Morgan fingerprint density at radius 3 is 0.944 bits per heavy atom. The number of hydrogen-bond acceptors (Lipinski definition) is 2. The van der Waals surface area contributed by atoms with Crippen LogP contribution in [-0.4, -0.2) is 12.6 Å². The van der Waals surface area contributed by atoms with E-state index in [0.717, 1.165) is 25.7 Å². The fraction of sp³-hybridized carbons (Fsp3) is 0.865.